The molecule has 0 spiro atoms. The van der Waals surface area contributed by atoms with Gasteiger partial charge in [-0.15, -0.1) is 0 Å². The van der Waals surface area contributed by atoms with E-state index in [1.54, 1.807) is 19.0 Å². The van der Waals surface area contributed by atoms with E-state index in [1.807, 2.05) is 4.90 Å². The maximum Gasteiger partial charge on any atom is 0.320 e. The average molecular weight is 168 g/mol. The molecule has 0 saturated heterocycles. The molecule has 0 radical (unpaired) electrons. The molecule has 3 heteroatoms. The summed E-state index contributed by atoms with van der Waals surface area (Å²) >= 11 is 0. The van der Waals surface area contributed by atoms with E-state index in [0.29, 0.717) is 0 Å². The van der Waals surface area contributed by atoms with E-state index in [9.17, 15) is 4.79 Å². The Hall–Kier alpha value is -0.990. The van der Waals surface area contributed by atoms with E-state index in [1.165, 1.54) is 11.1 Å². The summed E-state index contributed by atoms with van der Waals surface area (Å²) in [6, 6.07) is 0.103. The summed E-state index contributed by atoms with van der Waals surface area (Å²) in [5, 5.41) is 0. The van der Waals surface area contributed by atoms with E-state index < -0.39 is 0 Å². The van der Waals surface area contributed by atoms with Gasteiger partial charge in [0.15, 0.2) is 0 Å². The highest BCUT2D eigenvalue weighted by Crippen LogP contribution is 2.16. The SMILES string of the molecule is CC1=C(C)CN(C(=O)N(C)C)C1. The molecule has 68 valence electrons. The van der Waals surface area contributed by atoms with Crippen molar-refractivity contribution in [2.24, 2.45) is 0 Å². The van der Waals surface area contributed by atoms with Gasteiger partial charge in [-0.05, 0) is 13.8 Å². The zero-order valence-electron chi connectivity index (χ0n) is 8.22. The minimum Gasteiger partial charge on any atom is -0.331 e. The van der Waals surface area contributed by atoms with Crippen molar-refractivity contribution < 1.29 is 4.79 Å². The van der Waals surface area contributed by atoms with Crippen LogP contribution in [0.5, 0.6) is 0 Å². The van der Waals surface area contributed by atoms with Crippen molar-refractivity contribution in [3.63, 3.8) is 0 Å². The second-order valence-corrected chi connectivity index (χ2v) is 3.59. The third kappa shape index (κ3) is 1.60. The van der Waals surface area contributed by atoms with Crippen LogP contribution in [0.4, 0.5) is 4.79 Å². The van der Waals surface area contributed by atoms with E-state index in [2.05, 4.69) is 13.8 Å². The Labute approximate surface area is 73.6 Å². The van der Waals surface area contributed by atoms with Crippen molar-refractivity contribution in [2.45, 2.75) is 13.8 Å². The molecule has 0 N–H and O–H groups in total. The van der Waals surface area contributed by atoms with Gasteiger partial charge >= 0.3 is 6.03 Å². The molecule has 2 amide bonds. The standard InChI is InChI=1S/C9H16N2O/c1-7-5-11(6-8(7)2)9(12)10(3)4/h5-6H2,1-4H3. The predicted octanol–water partition coefficient (Wildman–Crippen LogP) is 1.32. The Balaban J connectivity index is 2.57. The number of nitrogens with zero attached hydrogens (tertiary/aromatic N) is 2. The van der Waals surface area contributed by atoms with Gasteiger partial charge in [0.05, 0.1) is 0 Å². The Kier molecular flexibility index (Phi) is 2.40. The summed E-state index contributed by atoms with van der Waals surface area (Å²) in [4.78, 5) is 14.9. The van der Waals surface area contributed by atoms with Crippen LogP contribution in [-0.2, 0) is 0 Å². The molecular weight excluding hydrogens is 152 g/mol. The van der Waals surface area contributed by atoms with Crippen molar-refractivity contribution in [3.8, 4) is 0 Å². The zero-order chi connectivity index (χ0) is 9.30. The van der Waals surface area contributed by atoms with Crippen LogP contribution in [0.1, 0.15) is 13.8 Å². The van der Waals surface area contributed by atoms with Gasteiger partial charge in [0.1, 0.15) is 0 Å². The second-order valence-electron chi connectivity index (χ2n) is 3.59. The van der Waals surface area contributed by atoms with Gasteiger partial charge in [0, 0.05) is 27.2 Å². The lowest BCUT2D eigenvalue weighted by molar-refractivity contribution is 0.182. The molecule has 0 bridgehead atoms. The van der Waals surface area contributed by atoms with Crippen LogP contribution in [0, 0.1) is 0 Å². The minimum absolute atomic E-state index is 0.103. The third-order valence-corrected chi connectivity index (χ3v) is 2.24. The first kappa shape index (κ1) is 9.10. The van der Waals surface area contributed by atoms with Crippen molar-refractivity contribution in [1.82, 2.24) is 9.80 Å². The molecule has 3 nitrogen and oxygen atoms in total. The summed E-state index contributed by atoms with van der Waals surface area (Å²) in [5.41, 5.74) is 2.65. The van der Waals surface area contributed by atoms with E-state index in [-0.39, 0.29) is 6.03 Å². The molecule has 1 aliphatic heterocycles. The lowest BCUT2D eigenvalue weighted by Gasteiger charge is -2.21. The van der Waals surface area contributed by atoms with E-state index in [0.717, 1.165) is 13.1 Å². The maximum atomic E-state index is 11.5. The topological polar surface area (TPSA) is 23.6 Å². The fourth-order valence-electron chi connectivity index (χ4n) is 1.32. The molecule has 12 heavy (non-hydrogen) atoms. The van der Waals surface area contributed by atoms with Gasteiger partial charge in [-0.2, -0.15) is 0 Å². The van der Waals surface area contributed by atoms with Crippen LogP contribution < -0.4 is 0 Å². The number of amides is 2. The van der Waals surface area contributed by atoms with Crippen molar-refractivity contribution in [1.29, 1.82) is 0 Å². The van der Waals surface area contributed by atoms with Crippen LogP contribution >= 0.6 is 0 Å². The molecule has 0 aliphatic carbocycles. The summed E-state index contributed by atoms with van der Waals surface area (Å²) in [6.45, 7) is 5.75. The lowest BCUT2D eigenvalue weighted by atomic mass is 10.2. The number of carbonyl (C=O) groups is 1. The highest BCUT2D eigenvalue weighted by atomic mass is 16.2. The Morgan fingerprint density at radius 2 is 1.67 bits per heavy atom. The summed E-state index contributed by atoms with van der Waals surface area (Å²) in [6.07, 6.45) is 0. The number of carbonyl (C=O) groups excluding carboxylic acids is 1. The van der Waals surface area contributed by atoms with Crippen LogP contribution in [-0.4, -0.2) is 43.0 Å². The van der Waals surface area contributed by atoms with Crippen molar-refractivity contribution >= 4 is 6.03 Å². The smallest absolute Gasteiger partial charge is 0.320 e. The third-order valence-electron chi connectivity index (χ3n) is 2.24. The molecule has 0 fully saturated rings. The number of hydrogen-bond acceptors (Lipinski definition) is 1. The molecule has 1 rings (SSSR count). The summed E-state index contributed by atoms with van der Waals surface area (Å²) < 4.78 is 0. The number of hydrogen-bond donors (Lipinski definition) is 0. The van der Waals surface area contributed by atoms with Gasteiger partial charge in [-0.3, -0.25) is 0 Å². The fourth-order valence-corrected chi connectivity index (χ4v) is 1.32. The number of urea groups is 1. The molecule has 0 unspecified atom stereocenters. The Morgan fingerprint density at radius 1 is 1.25 bits per heavy atom. The monoisotopic (exact) mass is 168 g/mol. The quantitative estimate of drug-likeness (QED) is 0.500. The Morgan fingerprint density at radius 3 is 2.00 bits per heavy atom. The second kappa shape index (κ2) is 3.17. The Bertz CT molecular complexity index is 217. The molecule has 0 atom stereocenters. The first-order valence-corrected chi connectivity index (χ1v) is 4.14. The molecule has 0 saturated carbocycles. The largest absolute Gasteiger partial charge is 0.331 e. The van der Waals surface area contributed by atoms with E-state index >= 15 is 0 Å². The molecule has 0 aromatic heterocycles. The molecule has 0 aromatic carbocycles. The molecule has 1 aliphatic rings. The predicted molar refractivity (Wildman–Crippen MR) is 49.0 cm³/mol. The highest BCUT2D eigenvalue weighted by Gasteiger charge is 2.21. The van der Waals surface area contributed by atoms with Gasteiger partial charge in [0.2, 0.25) is 0 Å². The minimum atomic E-state index is 0.103. The first-order chi connectivity index (χ1) is 5.52. The molecule has 0 aromatic rings. The van der Waals surface area contributed by atoms with Crippen LogP contribution in [0.2, 0.25) is 0 Å². The summed E-state index contributed by atoms with van der Waals surface area (Å²) in [7, 11) is 3.57. The lowest BCUT2D eigenvalue weighted by Crippen LogP contribution is -2.37. The van der Waals surface area contributed by atoms with Gasteiger partial charge in [-0.25, -0.2) is 4.79 Å². The highest BCUT2D eigenvalue weighted by molar-refractivity contribution is 5.75. The van der Waals surface area contributed by atoms with Gasteiger partial charge in [0.25, 0.3) is 0 Å². The summed E-state index contributed by atoms with van der Waals surface area (Å²) in [5.74, 6) is 0. The van der Waals surface area contributed by atoms with Gasteiger partial charge in [-0.1, -0.05) is 11.1 Å². The fraction of sp³-hybridized carbons (Fsp3) is 0.667. The maximum absolute atomic E-state index is 11.5. The van der Waals surface area contributed by atoms with Crippen LogP contribution in [0.3, 0.4) is 0 Å². The zero-order valence-corrected chi connectivity index (χ0v) is 8.22. The average Bonchev–Trinajstić information content (AvgIpc) is 2.30. The van der Waals surface area contributed by atoms with Crippen LogP contribution in [0.25, 0.3) is 0 Å². The van der Waals surface area contributed by atoms with Crippen molar-refractivity contribution in [2.75, 3.05) is 27.2 Å². The molecular formula is C9H16N2O. The number of rotatable bonds is 0. The van der Waals surface area contributed by atoms with Gasteiger partial charge < -0.3 is 9.80 Å². The molecule has 1 heterocycles. The normalized spacial score (nSPS) is 17.2. The van der Waals surface area contributed by atoms with Crippen molar-refractivity contribution in [3.05, 3.63) is 11.1 Å². The first-order valence-electron chi connectivity index (χ1n) is 4.14. The van der Waals surface area contributed by atoms with Crippen LogP contribution in [0.15, 0.2) is 11.1 Å². The van der Waals surface area contributed by atoms with E-state index in [4.69, 9.17) is 0 Å².